The van der Waals surface area contributed by atoms with E-state index in [2.05, 4.69) is 9.72 Å². The van der Waals surface area contributed by atoms with Crippen molar-refractivity contribution in [3.05, 3.63) is 17.5 Å². The van der Waals surface area contributed by atoms with Crippen molar-refractivity contribution in [1.82, 2.24) is 4.98 Å². The van der Waals surface area contributed by atoms with Gasteiger partial charge in [-0.3, -0.25) is 0 Å². The standard InChI is InChI=1S/C8H4F5NO4/c9-6(10)3-4(7(16)17)14-1-2(15)5(3)18-8(11,12)13/h1,6,15H,(H,16,17). The van der Waals surface area contributed by atoms with Gasteiger partial charge in [0.05, 0.1) is 11.8 Å². The molecule has 0 aliphatic carbocycles. The lowest BCUT2D eigenvalue weighted by molar-refractivity contribution is -0.275. The molecule has 0 radical (unpaired) electrons. The van der Waals surface area contributed by atoms with E-state index >= 15 is 0 Å². The molecular weight excluding hydrogens is 269 g/mol. The van der Waals surface area contributed by atoms with Crippen molar-refractivity contribution < 1.29 is 41.7 Å². The van der Waals surface area contributed by atoms with Crippen molar-refractivity contribution in [1.29, 1.82) is 0 Å². The second-order valence-corrected chi connectivity index (χ2v) is 2.89. The Hall–Kier alpha value is -2.13. The first kappa shape index (κ1) is 13.9. The molecule has 0 aliphatic heterocycles. The monoisotopic (exact) mass is 273 g/mol. The predicted molar refractivity (Wildman–Crippen MR) is 44.5 cm³/mol. The number of rotatable bonds is 3. The fourth-order valence-corrected chi connectivity index (χ4v) is 1.10. The number of carboxylic acid groups (broad SMARTS) is 1. The molecule has 18 heavy (non-hydrogen) atoms. The zero-order chi connectivity index (χ0) is 14.1. The Bertz CT molecular complexity index is 473. The summed E-state index contributed by atoms with van der Waals surface area (Å²) in [6.07, 6.45) is -8.71. The molecule has 0 unspecified atom stereocenters. The van der Waals surface area contributed by atoms with Crippen molar-refractivity contribution in [2.24, 2.45) is 0 Å². The van der Waals surface area contributed by atoms with E-state index in [0.29, 0.717) is 0 Å². The Morgan fingerprint density at radius 1 is 1.39 bits per heavy atom. The number of hydrogen-bond acceptors (Lipinski definition) is 4. The van der Waals surface area contributed by atoms with Crippen molar-refractivity contribution >= 4 is 5.97 Å². The number of carbonyl (C=O) groups is 1. The van der Waals surface area contributed by atoms with Gasteiger partial charge in [0.25, 0.3) is 6.43 Å². The summed E-state index contributed by atoms with van der Waals surface area (Å²) in [5, 5.41) is 17.5. The third kappa shape index (κ3) is 2.96. The lowest BCUT2D eigenvalue weighted by Crippen LogP contribution is -2.20. The Labute approximate surface area is 95.4 Å². The van der Waals surface area contributed by atoms with Gasteiger partial charge >= 0.3 is 12.3 Å². The molecule has 0 saturated carbocycles. The van der Waals surface area contributed by atoms with Crippen LogP contribution in [0, 0.1) is 0 Å². The molecule has 0 amide bonds. The number of pyridine rings is 1. The van der Waals surface area contributed by atoms with Gasteiger partial charge in [-0.2, -0.15) is 0 Å². The summed E-state index contributed by atoms with van der Waals surface area (Å²) in [4.78, 5) is 13.5. The minimum atomic E-state index is -5.36. The van der Waals surface area contributed by atoms with Gasteiger partial charge in [0.2, 0.25) is 0 Å². The highest BCUT2D eigenvalue weighted by molar-refractivity contribution is 5.88. The molecule has 1 heterocycles. The highest BCUT2D eigenvalue weighted by Crippen LogP contribution is 2.40. The first-order chi connectivity index (χ1) is 8.13. The first-order valence-electron chi connectivity index (χ1n) is 4.12. The van der Waals surface area contributed by atoms with Crippen LogP contribution in [0.15, 0.2) is 6.20 Å². The lowest BCUT2D eigenvalue weighted by Gasteiger charge is -2.15. The quantitative estimate of drug-likeness (QED) is 0.826. The van der Waals surface area contributed by atoms with Crippen LogP contribution in [0.1, 0.15) is 22.5 Å². The fraction of sp³-hybridized carbons (Fsp3) is 0.250. The van der Waals surface area contributed by atoms with Crippen molar-refractivity contribution in [3.63, 3.8) is 0 Å². The van der Waals surface area contributed by atoms with E-state index < -0.39 is 41.5 Å². The number of aromatic nitrogens is 1. The summed E-state index contributed by atoms with van der Waals surface area (Å²) in [5.74, 6) is -4.99. The Morgan fingerprint density at radius 3 is 2.33 bits per heavy atom. The van der Waals surface area contributed by atoms with Crippen LogP contribution in [0.5, 0.6) is 11.5 Å². The maximum atomic E-state index is 12.5. The van der Waals surface area contributed by atoms with Gasteiger partial charge in [-0.25, -0.2) is 18.6 Å². The van der Waals surface area contributed by atoms with Gasteiger partial charge in [0, 0.05) is 0 Å². The number of carboxylic acids is 1. The third-order valence-electron chi connectivity index (χ3n) is 1.69. The minimum Gasteiger partial charge on any atom is -0.503 e. The van der Waals surface area contributed by atoms with Crippen molar-refractivity contribution in [2.45, 2.75) is 12.8 Å². The van der Waals surface area contributed by atoms with E-state index in [1.165, 1.54) is 0 Å². The second-order valence-electron chi connectivity index (χ2n) is 2.89. The van der Waals surface area contributed by atoms with Gasteiger partial charge in [-0.1, -0.05) is 0 Å². The Kier molecular flexibility index (Phi) is 3.58. The minimum absolute atomic E-state index is 0.274. The average molecular weight is 273 g/mol. The zero-order valence-corrected chi connectivity index (χ0v) is 8.20. The largest absolute Gasteiger partial charge is 0.573 e. The maximum Gasteiger partial charge on any atom is 0.573 e. The fourth-order valence-electron chi connectivity index (χ4n) is 1.10. The third-order valence-corrected chi connectivity index (χ3v) is 1.69. The van der Waals surface area contributed by atoms with E-state index in [1.54, 1.807) is 0 Å². The Balaban J connectivity index is 3.46. The van der Waals surface area contributed by atoms with E-state index in [4.69, 9.17) is 10.2 Å². The maximum absolute atomic E-state index is 12.5. The highest BCUT2D eigenvalue weighted by Gasteiger charge is 2.37. The molecule has 1 aromatic heterocycles. The summed E-state index contributed by atoms with van der Waals surface area (Å²) in [5.41, 5.74) is -2.97. The summed E-state index contributed by atoms with van der Waals surface area (Å²) in [6.45, 7) is 0. The summed E-state index contributed by atoms with van der Waals surface area (Å²) in [6, 6.07) is 0. The number of aromatic hydroxyl groups is 1. The number of alkyl halides is 5. The molecule has 1 aromatic rings. The van der Waals surface area contributed by atoms with E-state index in [0.717, 1.165) is 0 Å². The van der Waals surface area contributed by atoms with Crippen LogP contribution in [0.2, 0.25) is 0 Å². The molecule has 0 saturated heterocycles. The SMILES string of the molecule is O=C(O)c1ncc(O)c(OC(F)(F)F)c1C(F)F. The van der Waals surface area contributed by atoms with Crippen LogP contribution in [-0.2, 0) is 0 Å². The molecular formula is C8H4F5NO4. The number of halogens is 5. The van der Waals surface area contributed by atoms with Crippen LogP contribution < -0.4 is 4.74 Å². The topological polar surface area (TPSA) is 79.7 Å². The predicted octanol–water partition coefficient (Wildman–Crippen LogP) is 2.32. The molecule has 0 spiro atoms. The van der Waals surface area contributed by atoms with E-state index in [1.807, 2.05) is 0 Å². The van der Waals surface area contributed by atoms with Crippen LogP contribution in [0.25, 0.3) is 0 Å². The van der Waals surface area contributed by atoms with Crippen LogP contribution in [-0.4, -0.2) is 27.5 Å². The first-order valence-corrected chi connectivity index (χ1v) is 4.12. The summed E-state index contributed by atoms with van der Waals surface area (Å²) >= 11 is 0. The van der Waals surface area contributed by atoms with Crippen LogP contribution in [0.4, 0.5) is 22.0 Å². The average Bonchev–Trinajstić information content (AvgIpc) is 2.17. The van der Waals surface area contributed by atoms with E-state index in [9.17, 15) is 26.7 Å². The smallest absolute Gasteiger partial charge is 0.503 e. The second kappa shape index (κ2) is 4.63. The highest BCUT2D eigenvalue weighted by atomic mass is 19.4. The van der Waals surface area contributed by atoms with E-state index in [-0.39, 0.29) is 6.20 Å². The lowest BCUT2D eigenvalue weighted by atomic mass is 10.1. The molecule has 0 bridgehead atoms. The molecule has 2 N–H and O–H groups in total. The van der Waals surface area contributed by atoms with Gasteiger partial charge in [-0.15, -0.1) is 13.2 Å². The van der Waals surface area contributed by atoms with Gasteiger partial charge in [-0.05, 0) is 0 Å². The number of hydrogen-bond donors (Lipinski definition) is 2. The van der Waals surface area contributed by atoms with Crippen molar-refractivity contribution in [3.8, 4) is 11.5 Å². The molecule has 10 heteroatoms. The normalized spacial score (nSPS) is 11.7. The molecule has 1 rings (SSSR count). The number of ether oxygens (including phenoxy) is 1. The molecule has 0 fully saturated rings. The Morgan fingerprint density at radius 2 is 1.94 bits per heavy atom. The molecule has 100 valence electrons. The van der Waals surface area contributed by atoms with Gasteiger partial charge in [0.1, 0.15) is 0 Å². The molecule has 5 nitrogen and oxygen atoms in total. The van der Waals surface area contributed by atoms with Crippen molar-refractivity contribution in [2.75, 3.05) is 0 Å². The van der Waals surface area contributed by atoms with Crippen LogP contribution in [0.3, 0.4) is 0 Å². The number of aromatic carboxylic acids is 1. The molecule has 0 atom stereocenters. The van der Waals surface area contributed by atoms with Gasteiger partial charge < -0.3 is 14.9 Å². The summed E-state index contributed by atoms with van der Waals surface area (Å²) in [7, 11) is 0. The van der Waals surface area contributed by atoms with Crippen LogP contribution >= 0.6 is 0 Å². The molecule has 0 aromatic carbocycles. The molecule has 0 aliphatic rings. The summed E-state index contributed by atoms with van der Waals surface area (Å²) < 4.78 is 64.1. The number of nitrogens with zero attached hydrogens (tertiary/aromatic N) is 1. The van der Waals surface area contributed by atoms with Gasteiger partial charge in [0.15, 0.2) is 17.2 Å². The zero-order valence-electron chi connectivity index (χ0n) is 8.20.